The van der Waals surface area contributed by atoms with Crippen LogP contribution in [0.15, 0.2) is 63.6 Å². The summed E-state index contributed by atoms with van der Waals surface area (Å²) in [5, 5.41) is 0. The maximum absolute atomic E-state index is 13.1. The van der Waals surface area contributed by atoms with E-state index in [1.165, 1.54) is 12.1 Å². The van der Waals surface area contributed by atoms with E-state index in [-0.39, 0.29) is 11.7 Å². The minimum Gasteiger partial charge on any atom is -0.441 e. The fourth-order valence-corrected chi connectivity index (χ4v) is 3.84. The van der Waals surface area contributed by atoms with Gasteiger partial charge >= 0.3 is 0 Å². The van der Waals surface area contributed by atoms with Crippen LogP contribution in [0.2, 0.25) is 0 Å². The predicted molar refractivity (Wildman–Crippen MR) is 113 cm³/mol. The highest BCUT2D eigenvalue weighted by Gasteiger charge is 2.21. The third kappa shape index (κ3) is 4.85. The van der Waals surface area contributed by atoms with Gasteiger partial charge in [0.05, 0.1) is 6.20 Å². The van der Waals surface area contributed by atoms with Crippen molar-refractivity contribution in [1.82, 2.24) is 9.88 Å². The van der Waals surface area contributed by atoms with Crippen molar-refractivity contribution >= 4 is 27.5 Å². The SMILES string of the molecule is O=C(CCc1ncc(-c2cccc(Br)c2)o1)N1CCN(c2ccc(F)cc2)CC1. The lowest BCUT2D eigenvalue weighted by Gasteiger charge is -2.36. The average molecular weight is 458 g/mol. The molecule has 0 spiro atoms. The molecular formula is C22H21BrFN3O2. The first-order valence-corrected chi connectivity index (χ1v) is 10.4. The number of nitrogens with zero attached hydrogens (tertiary/aromatic N) is 3. The molecular weight excluding hydrogens is 437 g/mol. The lowest BCUT2D eigenvalue weighted by molar-refractivity contribution is -0.131. The van der Waals surface area contributed by atoms with Crippen molar-refractivity contribution in [2.24, 2.45) is 0 Å². The highest BCUT2D eigenvalue weighted by molar-refractivity contribution is 9.10. The third-order valence-electron chi connectivity index (χ3n) is 5.04. The zero-order chi connectivity index (χ0) is 20.2. The quantitative estimate of drug-likeness (QED) is 0.564. The minimum atomic E-state index is -0.239. The summed E-state index contributed by atoms with van der Waals surface area (Å²) in [6.45, 7) is 2.79. The topological polar surface area (TPSA) is 49.6 Å². The monoisotopic (exact) mass is 457 g/mol. The Morgan fingerprint density at radius 2 is 1.86 bits per heavy atom. The normalized spacial score (nSPS) is 14.3. The van der Waals surface area contributed by atoms with Gasteiger partial charge in [-0.05, 0) is 36.4 Å². The average Bonchev–Trinajstić information content (AvgIpc) is 3.22. The Morgan fingerprint density at radius 1 is 1.10 bits per heavy atom. The van der Waals surface area contributed by atoms with Crippen LogP contribution < -0.4 is 4.90 Å². The Bertz CT molecular complexity index is 982. The van der Waals surface area contributed by atoms with Gasteiger partial charge in [-0.2, -0.15) is 0 Å². The second-order valence-corrected chi connectivity index (χ2v) is 7.89. The molecule has 0 N–H and O–H groups in total. The van der Waals surface area contributed by atoms with Crippen LogP contribution in [0.3, 0.4) is 0 Å². The number of aryl methyl sites for hydroxylation is 1. The number of halogens is 2. The number of benzene rings is 2. The van der Waals surface area contributed by atoms with Gasteiger partial charge in [0.15, 0.2) is 11.7 Å². The maximum atomic E-state index is 13.1. The molecule has 1 fully saturated rings. The van der Waals surface area contributed by atoms with Crippen LogP contribution in [0.4, 0.5) is 10.1 Å². The summed E-state index contributed by atoms with van der Waals surface area (Å²) in [7, 11) is 0. The summed E-state index contributed by atoms with van der Waals surface area (Å²) in [4.78, 5) is 20.9. The highest BCUT2D eigenvalue weighted by Crippen LogP contribution is 2.24. The summed E-state index contributed by atoms with van der Waals surface area (Å²) in [6.07, 6.45) is 2.54. The molecule has 1 aromatic heterocycles. The molecule has 2 aromatic carbocycles. The summed E-state index contributed by atoms with van der Waals surface area (Å²) in [5.41, 5.74) is 1.93. The summed E-state index contributed by atoms with van der Waals surface area (Å²) < 4.78 is 19.9. The van der Waals surface area contributed by atoms with Crippen molar-refractivity contribution in [3.05, 3.63) is 70.9 Å². The molecule has 150 valence electrons. The molecule has 5 nitrogen and oxygen atoms in total. The molecule has 0 radical (unpaired) electrons. The van der Waals surface area contributed by atoms with Crippen LogP contribution in [-0.4, -0.2) is 42.0 Å². The second kappa shape index (κ2) is 8.78. The van der Waals surface area contributed by atoms with E-state index < -0.39 is 0 Å². The van der Waals surface area contributed by atoms with Crippen molar-refractivity contribution in [2.75, 3.05) is 31.1 Å². The molecule has 3 aromatic rings. The zero-order valence-corrected chi connectivity index (χ0v) is 17.4. The van der Waals surface area contributed by atoms with Gasteiger partial charge in [-0.1, -0.05) is 28.1 Å². The van der Waals surface area contributed by atoms with E-state index in [1.54, 1.807) is 18.3 Å². The Labute approximate surface area is 177 Å². The molecule has 2 heterocycles. The van der Waals surface area contributed by atoms with Gasteiger partial charge in [0.2, 0.25) is 5.91 Å². The van der Waals surface area contributed by atoms with Crippen LogP contribution >= 0.6 is 15.9 Å². The molecule has 1 saturated heterocycles. The Kier molecular flexibility index (Phi) is 5.94. The first kappa shape index (κ1) is 19.6. The van der Waals surface area contributed by atoms with Gasteiger partial charge < -0.3 is 14.2 Å². The van der Waals surface area contributed by atoms with Crippen LogP contribution in [-0.2, 0) is 11.2 Å². The largest absolute Gasteiger partial charge is 0.441 e. The van der Waals surface area contributed by atoms with E-state index in [4.69, 9.17) is 4.42 Å². The van der Waals surface area contributed by atoms with Crippen molar-refractivity contribution in [3.8, 4) is 11.3 Å². The lowest BCUT2D eigenvalue weighted by atomic mass is 10.2. The van der Waals surface area contributed by atoms with E-state index in [0.717, 1.165) is 28.8 Å². The van der Waals surface area contributed by atoms with Crippen molar-refractivity contribution in [2.45, 2.75) is 12.8 Å². The molecule has 0 aliphatic carbocycles. The van der Waals surface area contributed by atoms with Gasteiger partial charge in [0.1, 0.15) is 5.82 Å². The van der Waals surface area contributed by atoms with E-state index in [1.807, 2.05) is 29.2 Å². The van der Waals surface area contributed by atoms with Gasteiger partial charge in [-0.15, -0.1) is 0 Å². The Balaban J connectivity index is 1.28. The predicted octanol–water partition coefficient (Wildman–Crippen LogP) is 4.52. The lowest BCUT2D eigenvalue weighted by Crippen LogP contribution is -2.48. The summed E-state index contributed by atoms with van der Waals surface area (Å²) in [6, 6.07) is 14.3. The van der Waals surface area contributed by atoms with Gasteiger partial charge in [0, 0.05) is 54.7 Å². The maximum Gasteiger partial charge on any atom is 0.223 e. The number of anilines is 1. The first-order valence-electron chi connectivity index (χ1n) is 9.57. The molecule has 4 rings (SSSR count). The number of amides is 1. The molecule has 1 aliphatic heterocycles. The van der Waals surface area contributed by atoms with Gasteiger partial charge in [-0.25, -0.2) is 9.37 Å². The number of aromatic nitrogens is 1. The van der Waals surface area contributed by atoms with E-state index >= 15 is 0 Å². The molecule has 0 bridgehead atoms. The second-order valence-electron chi connectivity index (χ2n) is 6.97. The number of hydrogen-bond acceptors (Lipinski definition) is 4. The molecule has 29 heavy (non-hydrogen) atoms. The number of rotatable bonds is 5. The first-order chi connectivity index (χ1) is 14.1. The smallest absolute Gasteiger partial charge is 0.223 e. The Morgan fingerprint density at radius 3 is 2.59 bits per heavy atom. The number of hydrogen-bond donors (Lipinski definition) is 0. The molecule has 0 unspecified atom stereocenters. The minimum absolute atomic E-state index is 0.103. The molecule has 0 saturated carbocycles. The van der Waals surface area contributed by atoms with E-state index in [0.29, 0.717) is 37.6 Å². The van der Waals surface area contributed by atoms with Crippen LogP contribution in [0.25, 0.3) is 11.3 Å². The number of piperazine rings is 1. The van der Waals surface area contributed by atoms with Crippen LogP contribution in [0.5, 0.6) is 0 Å². The van der Waals surface area contributed by atoms with Crippen molar-refractivity contribution < 1.29 is 13.6 Å². The fraction of sp³-hybridized carbons (Fsp3) is 0.273. The third-order valence-corrected chi connectivity index (χ3v) is 5.53. The summed E-state index contributed by atoms with van der Waals surface area (Å²) in [5.74, 6) is 1.13. The van der Waals surface area contributed by atoms with E-state index in [9.17, 15) is 9.18 Å². The number of oxazole rings is 1. The number of carbonyl (C=O) groups excluding carboxylic acids is 1. The van der Waals surface area contributed by atoms with Crippen LogP contribution in [0.1, 0.15) is 12.3 Å². The molecule has 1 amide bonds. The zero-order valence-electron chi connectivity index (χ0n) is 15.9. The van der Waals surface area contributed by atoms with Gasteiger partial charge in [-0.3, -0.25) is 4.79 Å². The molecule has 7 heteroatoms. The molecule has 1 aliphatic rings. The highest BCUT2D eigenvalue weighted by atomic mass is 79.9. The number of carbonyl (C=O) groups is 1. The fourth-order valence-electron chi connectivity index (χ4n) is 3.44. The van der Waals surface area contributed by atoms with Crippen molar-refractivity contribution in [1.29, 1.82) is 0 Å². The molecule has 0 atom stereocenters. The van der Waals surface area contributed by atoms with E-state index in [2.05, 4.69) is 25.8 Å². The van der Waals surface area contributed by atoms with Crippen LogP contribution in [0, 0.1) is 5.82 Å². The van der Waals surface area contributed by atoms with Gasteiger partial charge in [0.25, 0.3) is 0 Å². The summed E-state index contributed by atoms with van der Waals surface area (Å²) >= 11 is 3.45. The standard InChI is InChI=1S/C22H21BrFN3O2/c23-17-3-1-2-16(14-17)20-15-25-21(29-20)8-9-22(28)27-12-10-26(11-13-27)19-6-4-18(24)5-7-19/h1-7,14-15H,8-13H2. The Hall–Kier alpha value is -2.67. The van der Waals surface area contributed by atoms with Crippen molar-refractivity contribution in [3.63, 3.8) is 0 Å².